The first-order chi connectivity index (χ1) is 12.6. The fraction of sp³-hybridized carbons (Fsp3) is 0.143. The van der Waals surface area contributed by atoms with Gasteiger partial charge in [-0.3, -0.25) is 0 Å². The summed E-state index contributed by atoms with van der Waals surface area (Å²) in [5.74, 6) is -0.0735. The predicted molar refractivity (Wildman–Crippen MR) is 100.0 cm³/mol. The van der Waals surface area contributed by atoms with E-state index in [2.05, 4.69) is 9.73 Å². The summed E-state index contributed by atoms with van der Waals surface area (Å²) in [7, 11) is 1.27. The number of aliphatic hydroxyl groups is 1. The number of hydrogen-bond donors (Lipinski definition) is 1. The van der Waals surface area contributed by atoms with Crippen LogP contribution in [0.25, 0.3) is 6.08 Å². The number of aliphatic imine (C=N–C) groups is 1. The minimum Gasteiger partial charge on any atom is -0.505 e. The Kier molecular flexibility index (Phi) is 5.17. The molecule has 0 spiro atoms. The molecule has 132 valence electrons. The number of carbonyl (C=O) groups is 1. The van der Waals surface area contributed by atoms with Gasteiger partial charge in [-0.05, 0) is 36.3 Å². The molecule has 1 N–H and O–H groups in total. The number of hydrogen-bond acceptors (Lipinski definition) is 5. The molecule has 0 aliphatic carbocycles. The predicted octanol–water partition coefficient (Wildman–Crippen LogP) is 4.07. The fourth-order valence-corrected chi connectivity index (χ4v) is 2.63. The molecule has 0 radical (unpaired) electrons. The lowest BCUT2D eigenvalue weighted by atomic mass is 10.1. The number of methoxy groups -OCH3 is 1. The van der Waals surface area contributed by atoms with Crippen molar-refractivity contribution in [2.75, 3.05) is 7.11 Å². The molecule has 0 amide bonds. The summed E-state index contributed by atoms with van der Waals surface area (Å²) in [6, 6.07) is 17.3. The molecule has 0 fully saturated rings. The highest BCUT2D eigenvalue weighted by Crippen LogP contribution is 2.27. The van der Waals surface area contributed by atoms with E-state index in [9.17, 15) is 9.90 Å². The van der Waals surface area contributed by atoms with E-state index < -0.39 is 5.97 Å². The van der Waals surface area contributed by atoms with Crippen LogP contribution in [0.5, 0.6) is 5.75 Å². The van der Waals surface area contributed by atoms with Gasteiger partial charge in [-0.15, -0.1) is 0 Å². The van der Waals surface area contributed by atoms with Gasteiger partial charge in [0.15, 0.2) is 5.76 Å². The molecule has 2 aromatic carbocycles. The van der Waals surface area contributed by atoms with Gasteiger partial charge in [-0.25, -0.2) is 9.79 Å². The molecular formula is C21H19NO4. The normalized spacial score (nSPS) is 15.2. The van der Waals surface area contributed by atoms with Gasteiger partial charge in [0.25, 0.3) is 0 Å². The average Bonchev–Trinajstić information content (AvgIpc) is 2.94. The van der Waals surface area contributed by atoms with Crippen molar-refractivity contribution in [3.05, 3.63) is 82.8 Å². The molecule has 1 heterocycles. The van der Waals surface area contributed by atoms with Crippen LogP contribution >= 0.6 is 0 Å². The Hall–Kier alpha value is -3.34. The minimum atomic E-state index is -0.605. The van der Waals surface area contributed by atoms with Gasteiger partial charge in [0.05, 0.1) is 12.8 Å². The quantitative estimate of drug-likeness (QED) is 0.827. The molecular weight excluding hydrogens is 330 g/mol. The Labute approximate surface area is 151 Å². The Morgan fingerprint density at radius 2 is 1.92 bits per heavy atom. The van der Waals surface area contributed by atoms with E-state index in [1.807, 2.05) is 54.6 Å². The maximum atomic E-state index is 11.7. The van der Waals surface area contributed by atoms with E-state index in [-0.39, 0.29) is 11.3 Å². The molecule has 3 rings (SSSR count). The van der Waals surface area contributed by atoms with Crippen molar-refractivity contribution in [3.63, 3.8) is 0 Å². The molecule has 5 nitrogen and oxygen atoms in total. The molecule has 0 bridgehead atoms. The monoisotopic (exact) mass is 349 g/mol. The summed E-state index contributed by atoms with van der Waals surface area (Å²) in [6.45, 7) is 2.12. The zero-order valence-corrected chi connectivity index (χ0v) is 14.6. The Balaban J connectivity index is 1.79. The summed E-state index contributed by atoms with van der Waals surface area (Å²) >= 11 is 0. The van der Waals surface area contributed by atoms with Crippen molar-refractivity contribution in [2.45, 2.75) is 13.5 Å². The van der Waals surface area contributed by atoms with Crippen LogP contribution in [0.3, 0.4) is 0 Å². The largest absolute Gasteiger partial charge is 0.505 e. The van der Waals surface area contributed by atoms with Crippen molar-refractivity contribution >= 4 is 17.8 Å². The lowest BCUT2D eigenvalue weighted by Crippen LogP contribution is -2.11. The second-order valence-corrected chi connectivity index (χ2v) is 5.79. The lowest BCUT2D eigenvalue weighted by molar-refractivity contribution is -0.135. The smallest absolute Gasteiger partial charge is 0.343 e. The number of carbonyl (C=O) groups excluding carboxylic acids is 1. The average molecular weight is 349 g/mol. The Morgan fingerprint density at radius 3 is 2.65 bits per heavy atom. The fourth-order valence-electron chi connectivity index (χ4n) is 2.63. The molecule has 2 aromatic rings. The third-order valence-corrected chi connectivity index (χ3v) is 3.93. The molecule has 1 aliphatic rings. The van der Waals surface area contributed by atoms with Crippen molar-refractivity contribution in [1.82, 2.24) is 0 Å². The van der Waals surface area contributed by atoms with Crippen molar-refractivity contribution in [3.8, 4) is 5.75 Å². The third kappa shape index (κ3) is 3.83. The van der Waals surface area contributed by atoms with Crippen LogP contribution < -0.4 is 4.74 Å². The maximum Gasteiger partial charge on any atom is 0.343 e. The van der Waals surface area contributed by atoms with E-state index in [0.717, 1.165) is 11.1 Å². The van der Waals surface area contributed by atoms with Crippen LogP contribution in [0.1, 0.15) is 18.1 Å². The number of nitrogens with zero attached hydrogens (tertiary/aromatic N) is 1. The molecule has 0 unspecified atom stereocenters. The summed E-state index contributed by atoms with van der Waals surface area (Å²) in [5, 5.41) is 10.3. The molecule has 0 aromatic heterocycles. The third-order valence-electron chi connectivity index (χ3n) is 3.93. The van der Waals surface area contributed by atoms with Crippen molar-refractivity contribution < 1.29 is 19.4 Å². The highest BCUT2D eigenvalue weighted by molar-refractivity contribution is 6.21. The maximum absolute atomic E-state index is 11.7. The lowest BCUT2D eigenvalue weighted by Gasteiger charge is -2.07. The van der Waals surface area contributed by atoms with E-state index in [1.54, 1.807) is 13.0 Å². The second kappa shape index (κ2) is 7.70. The minimum absolute atomic E-state index is 0.0928. The SMILES string of the molecule is COC(=O)C1=C(O)C(=Cc2cccc(OCc3ccccc3)c2)N=C1C. The van der Waals surface area contributed by atoms with Crippen LogP contribution in [0.2, 0.25) is 0 Å². The van der Waals surface area contributed by atoms with Crippen LogP contribution in [-0.4, -0.2) is 23.9 Å². The van der Waals surface area contributed by atoms with E-state index in [0.29, 0.717) is 23.8 Å². The van der Waals surface area contributed by atoms with Gasteiger partial charge in [-0.2, -0.15) is 0 Å². The van der Waals surface area contributed by atoms with Gasteiger partial charge in [0.2, 0.25) is 0 Å². The van der Waals surface area contributed by atoms with Crippen LogP contribution in [0.15, 0.2) is 76.6 Å². The van der Waals surface area contributed by atoms with Gasteiger partial charge in [0, 0.05) is 0 Å². The first-order valence-corrected chi connectivity index (χ1v) is 8.14. The Bertz CT molecular complexity index is 911. The summed E-state index contributed by atoms with van der Waals surface area (Å²) in [6.07, 6.45) is 1.70. The first kappa shape index (κ1) is 17.5. The molecule has 26 heavy (non-hydrogen) atoms. The molecule has 0 saturated heterocycles. The van der Waals surface area contributed by atoms with Gasteiger partial charge in [0.1, 0.15) is 23.6 Å². The number of benzene rings is 2. The number of aliphatic hydroxyl groups excluding tert-OH is 1. The van der Waals surface area contributed by atoms with E-state index in [1.165, 1.54) is 7.11 Å². The first-order valence-electron chi connectivity index (χ1n) is 8.14. The Morgan fingerprint density at radius 1 is 1.15 bits per heavy atom. The molecule has 1 aliphatic heterocycles. The number of rotatable bonds is 5. The van der Waals surface area contributed by atoms with Gasteiger partial charge >= 0.3 is 5.97 Å². The van der Waals surface area contributed by atoms with Gasteiger partial charge in [-0.1, -0.05) is 42.5 Å². The van der Waals surface area contributed by atoms with E-state index >= 15 is 0 Å². The number of ether oxygens (including phenoxy) is 2. The zero-order chi connectivity index (χ0) is 18.5. The summed E-state index contributed by atoms with van der Waals surface area (Å²) in [4.78, 5) is 16.0. The number of esters is 1. The zero-order valence-electron chi connectivity index (χ0n) is 14.6. The molecule has 5 heteroatoms. The van der Waals surface area contributed by atoms with Crippen LogP contribution in [0.4, 0.5) is 0 Å². The van der Waals surface area contributed by atoms with Crippen molar-refractivity contribution in [1.29, 1.82) is 0 Å². The van der Waals surface area contributed by atoms with Crippen LogP contribution in [0, 0.1) is 0 Å². The highest BCUT2D eigenvalue weighted by Gasteiger charge is 2.27. The second-order valence-electron chi connectivity index (χ2n) is 5.79. The molecule has 0 saturated carbocycles. The molecule has 0 atom stereocenters. The standard InChI is InChI=1S/C21H19NO4/c1-14-19(21(24)25-2)20(23)18(22-14)12-16-9-6-10-17(11-16)26-13-15-7-4-3-5-8-15/h3-12,23H,13H2,1-2H3. The van der Waals surface area contributed by atoms with Crippen LogP contribution in [-0.2, 0) is 16.1 Å². The van der Waals surface area contributed by atoms with E-state index in [4.69, 9.17) is 4.74 Å². The van der Waals surface area contributed by atoms with Crippen molar-refractivity contribution in [2.24, 2.45) is 4.99 Å². The van der Waals surface area contributed by atoms with Gasteiger partial charge < -0.3 is 14.6 Å². The topological polar surface area (TPSA) is 68.1 Å². The summed E-state index contributed by atoms with van der Waals surface area (Å²) < 4.78 is 10.5. The summed E-state index contributed by atoms with van der Waals surface area (Å²) in [5.41, 5.74) is 2.73. The highest BCUT2D eigenvalue weighted by atomic mass is 16.5.